The number of halogens is 4. The number of aromatic nitrogens is 2. The third kappa shape index (κ3) is 2.50. The summed E-state index contributed by atoms with van der Waals surface area (Å²) in [4.78, 5) is 14.4. The van der Waals surface area contributed by atoms with Gasteiger partial charge in [-0.3, -0.25) is 4.79 Å². The van der Waals surface area contributed by atoms with Gasteiger partial charge in [-0.1, -0.05) is 11.6 Å². The molecule has 0 aliphatic carbocycles. The van der Waals surface area contributed by atoms with E-state index in [2.05, 4.69) is 4.98 Å². The van der Waals surface area contributed by atoms with Crippen LogP contribution in [0.4, 0.5) is 19.0 Å². The molecule has 90 valence electrons. The smallest absolute Gasteiger partial charge is 0.305 e. The van der Waals surface area contributed by atoms with E-state index in [-0.39, 0.29) is 5.82 Å². The maximum Gasteiger partial charge on any atom is 0.471 e. The number of nitrogens with zero attached hydrogens (tertiary/aromatic N) is 2. The molecule has 0 aromatic carbocycles. The number of carbonyl (C=O) groups is 1. The molecule has 0 spiro atoms. The summed E-state index contributed by atoms with van der Waals surface area (Å²) in [5.41, 5.74) is 0.343. The number of hydrogen-bond acceptors (Lipinski definition) is 2. The summed E-state index contributed by atoms with van der Waals surface area (Å²) in [6.45, 7) is 0. The predicted molar refractivity (Wildman–Crippen MR) is 54.9 cm³/mol. The van der Waals surface area contributed by atoms with E-state index in [1.54, 1.807) is 11.4 Å². The Labute approximate surface area is 98.0 Å². The standard InChI is InChI=1S/C9H5ClF3N3O/c10-5-1-2-16-4-6(14-7(16)3-5)15-8(17)9(11,12)13/h1-4H,(H,15,17). The summed E-state index contributed by atoms with van der Waals surface area (Å²) in [6, 6.07) is 3.01. The molecule has 1 amide bonds. The van der Waals surface area contributed by atoms with Gasteiger partial charge in [-0.15, -0.1) is 0 Å². The van der Waals surface area contributed by atoms with Crippen molar-refractivity contribution in [1.82, 2.24) is 9.38 Å². The monoisotopic (exact) mass is 263 g/mol. The number of fused-ring (bicyclic) bond motifs is 1. The van der Waals surface area contributed by atoms with Crippen LogP contribution in [0.2, 0.25) is 5.02 Å². The fraction of sp³-hybridized carbons (Fsp3) is 0.111. The van der Waals surface area contributed by atoms with E-state index in [0.29, 0.717) is 10.7 Å². The van der Waals surface area contributed by atoms with Gasteiger partial charge in [0.05, 0.1) is 6.20 Å². The zero-order valence-corrected chi connectivity index (χ0v) is 8.88. The van der Waals surface area contributed by atoms with Gasteiger partial charge in [0, 0.05) is 17.3 Å². The number of imidazole rings is 1. The largest absolute Gasteiger partial charge is 0.471 e. The second kappa shape index (κ2) is 3.92. The molecular weight excluding hydrogens is 259 g/mol. The third-order valence-electron chi connectivity index (χ3n) is 1.92. The Morgan fingerprint density at radius 3 is 2.82 bits per heavy atom. The van der Waals surface area contributed by atoms with Crippen LogP contribution < -0.4 is 5.32 Å². The first-order valence-electron chi connectivity index (χ1n) is 4.39. The molecule has 0 bridgehead atoms. The van der Waals surface area contributed by atoms with Crippen LogP contribution in [0.1, 0.15) is 0 Å². The number of nitrogens with one attached hydrogen (secondary N) is 1. The highest BCUT2D eigenvalue weighted by molar-refractivity contribution is 6.30. The number of amides is 1. The molecule has 0 saturated heterocycles. The van der Waals surface area contributed by atoms with Crippen molar-refractivity contribution >= 4 is 29.0 Å². The van der Waals surface area contributed by atoms with Crippen LogP contribution >= 0.6 is 11.6 Å². The maximum atomic E-state index is 12.0. The van der Waals surface area contributed by atoms with Gasteiger partial charge in [0.25, 0.3) is 0 Å². The van der Waals surface area contributed by atoms with E-state index in [4.69, 9.17) is 11.6 Å². The molecule has 0 fully saturated rings. The van der Waals surface area contributed by atoms with Gasteiger partial charge in [-0.05, 0) is 6.07 Å². The van der Waals surface area contributed by atoms with Crippen LogP contribution in [0.3, 0.4) is 0 Å². The normalized spacial score (nSPS) is 11.8. The fourth-order valence-electron chi connectivity index (χ4n) is 1.20. The van der Waals surface area contributed by atoms with Crippen molar-refractivity contribution in [3.05, 3.63) is 29.5 Å². The van der Waals surface area contributed by atoms with Crippen molar-refractivity contribution in [2.75, 3.05) is 5.32 Å². The van der Waals surface area contributed by atoms with Crippen molar-refractivity contribution < 1.29 is 18.0 Å². The first-order valence-corrected chi connectivity index (χ1v) is 4.76. The maximum absolute atomic E-state index is 12.0. The highest BCUT2D eigenvalue weighted by atomic mass is 35.5. The summed E-state index contributed by atoms with van der Waals surface area (Å²) in [5.74, 6) is -2.25. The fourth-order valence-corrected chi connectivity index (χ4v) is 1.36. The van der Waals surface area contributed by atoms with Crippen molar-refractivity contribution in [3.63, 3.8) is 0 Å². The van der Waals surface area contributed by atoms with E-state index < -0.39 is 12.1 Å². The van der Waals surface area contributed by atoms with Crippen LogP contribution in [-0.4, -0.2) is 21.5 Å². The second-order valence-electron chi connectivity index (χ2n) is 3.19. The highest BCUT2D eigenvalue weighted by Gasteiger charge is 2.39. The Bertz CT molecular complexity index is 578. The van der Waals surface area contributed by atoms with E-state index in [1.165, 1.54) is 22.9 Å². The van der Waals surface area contributed by atoms with E-state index >= 15 is 0 Å². The zero-order chi connectivity index (χ0) is 12.6. The van der Waals surface area contributed by atoms with Crippen molar-refractivity contribution in [2.45, 2.75) is 6.18 Å². The lowest BCUT2D eigenvalue weighted by atomic mass is 10.5. The molecule has 8 heteroatoms. The minimum atomic E-state index is -4.94. The summed E-state index contributed by atoms with van der Waals surface area (Å²) < 4.78 is 37.4. The minimum Gasteiger partial charge on any atom is -0.305 e. The summed E-state index contributed by atoms with van der Waals surface area (Å²) in [6.07, 6.45) is -2.16. The molecule has 1 N–H and O–H groups in total. The SMILES string of the molecule is O=C(Nc1cn2ccc(Cl)cc2n1)C(F)(F)F. The molecule has 0 unspecified atom stereocenters. The molecule has 0 atom stereocenters. The first kappa shape index (κ1) is 11.7. The molecule has 2 aromatic heterocycles. The van der Waals surface area contributed by atoms with Gasteiger partial charge < -0.3 is 9.72 Å². The highest BCUT2D eigenvalue weighted by Crippen LogP contribution is 2.19. The van der Waals surface area contributed by atoms with Crippen LogP contribution in [0.25, 0.3) is 5.65 Å². The number of rotatable bonds is 1. The topological polar surface area (TPSA) is 46.4 Å². The van der Waals surface area contributed by atoms with Gasteiger partial charge in [0.2, 0.25) is 0 Å². The summed E-state index contributed by atoms with van der Waals surface area (Å²) >= 11 is 5.69. The van der Waals surface area contributed by atoms with E-state index in [1.807, 2.05) is 0 Å². The van der Waals surface area contributed by atoms with Crippen LogP contribution in [0, 0.1) is 0 Å². The number of anilines is 1. The minimum absolute atomic E-state index is 0.186. The van der Waals surface area contributed by atoms with Gasteiger partial charge in [0.15, 0.2) is 5.82 Å². The van der Waals surface area contributed by atoms with Gasteiger partial charge in [-0.25, -0.2) is 4.98 Å². The Morgan fingerprint density at radius 2 is 2.18 bits per heavy atom. The number of carbonyl (C=O) groups excluding carboxylic acids is 1. The Morgan fingerprint density at radius 1 is 1.47 bits per heavy atom. The summed E-state index contributed by atoms with van der Waals surface area (Å²) in [7, 11) is 0. The first-order chi connectivity index (χ1) is 7.86. The predicted octanol–water partition coefficient (Wildman–Crippen LogP) is 2.49. The van der Waals surface area contributed by atoms with Gasteiger partial charge in [-0.2, -0.15) is 13.2 Å². The molecule has 2 heterocycles. The molecule has 0 aliphatic rings. The number of pyridine rings is 1. The quantitative estimate of drug-likeness (QED) is 0.859. The summed E-state index contributed by atoms with van der Waals surface area (Å²) in [5, 5.41) is 2.05. The average Bonchev–Trinajstić information content (AvgIpc) is 2.57. The van der Waals surface area contributed by atoms with Crippen molar-refractivity contribution in [3.8, 4) is 0 Å². The van der Waals surface area contributed by atoms with Crippen LogP contribution in [0.5, 0.6) is 0 Å². The van der Waals surface area contributed by atoms with Gasteiger partial charge in [0.1, 0.15) is 5.65 Å². The van der Waals surface area contributed by atoms with Crippen molar-refractivity contribution in [2.24, 2.45) is 0 Å². The zero-order valence-electron chi connectivity index (χ0n) is 8.12. The van der Waals surface area contributed by atoms with E-state index in [9.17, 15) is 18.0 Å². The molecule has 0 radical (unpaired) electrons. The lowest BCUT2D eigenvalue weighted by Gasteiger charge is -2.04. The van der Waals surface area contributed by atoms with Crippen molar-refractivity contribution in [1.29, 1.82) is 0 Å². The molecule has 0 aliphatic heterocycles. The number of alkyl halides is 3. The van der Waals surface area contributed by atoms with Gasteiger partial charge >= 0.3 is 12.1 Å². The average molecular weight is 264 g/mol. The lowest BCUT2D eigenvalue weighted by molar-refractivity contribution is -0.167. The molecular formula is C9H5ClF3N3O. The number of hydrogen-bond donors (Lipinski definition) is 1. The molecule has 2 aromatic rings. The van der Waals surface area contributed by atoms with Crippen LogP contribution in [0.15, 0.2) is 24.5 Å². The molecule has 2 rings (SSSR count). The van der Waals surface area contributed by atoms with E-state index in [0.717, 1.165) is 0 Å². The second-order valence-corrected chi connectivity index (χ2v) is 3.62. The lowest BCUT2D eigenvalue weighted by Crippen LogP contribution is -2.30. The van der Waals surface area contributed by atoms with Crippen LogP contribution in [-0.2, 0) is 4.79 Å². The molecule has 4 nitrogen and oxygen atoms in total. The molecule has 17 heavy (non-hydrogen) atoms. The Hall–Kier alpha value is -1.76. The third-order valence-corrected chi connectivity index (χ3v) is 2.16. The Kier molecular flexibility index (Phi) is 2.70. The Balaban J connectivity index is 2.29. The molecule has 0 saturated carbocycles.